The van der Waals surface area contributed by atoms with Crippen molar-refractivity contribution < 1.29 is 9.59 Å². The van der Waals surface area contributed by atoms with Crippen LogP contribution in [0.4, 0.5) is 0 Å². The molecular formula is C22H36N2O2. The van der Waals surface area contributed by atoms with E-state index in [-0.39, 0.29) is 17.4 Å². The zero-order valence-corrected chi connectivity index (χ0v) is 16.5. The highest BCUT2D eigenvalue weighted by Crippen LogP contribution is 2.60. The molecular weight excluding hydrogens is 324 g/mol. The Morgan fingerprint density at radius 2 is 1.65 bits per heavy atom. The Morgan fingerprint density at radius 3 is 2.27 bits per heavy atom. The van der Waals surface area contributed by atoms with Crippen molar-refractivity contribution in [1.82, 2.24) is 10.2 Å². The predicted octanol–water partition coefficient (Wildman–Crippen LogP) is 3.89. The average Bonchev–Trinajstić information content (AvgIpc) is 3.09. The number of hydrogen-bond donors (Lipinski definition) is 1. The van der Waals surface area contributed by atoms with Gasteiger partial charge in [-0.2, -0.15) is 0 Å². The van der Waals surface area contributed by atoms with E-state index >= 15 is 0 Å². The standard InChI is InChI=1S/C22H36N2O2/c1-2-3-4-5-8-23-20(25)19-7-6-9-24(19)21(26)22-13-16-10-17(14-22)12-18(11-16)15-22/h16-19H,2-15H2,1H3,(H,23,25)/t16?,17?,18?,19-,22?/m0/s1. The summed E-state index contributed by atoms with van der Waals surface area (Å²) < 4.78 is 0. The molecule has 0 spiro atoms. The van der Waals surface area contributed by atoms with Crippen molar-refractivity contribution in [3.8, 4) is 0 Å². The molecule has 4 saturated carbocycles. The van der Waals surface area contributed by atoms with Crippen LogP contribution in [0.25, 0.3) is 0 Å². The van der Waals surface area contributed by atoms with Gasteiger partial charge in [0, 0.05) is 13.1 Å². The van der Waals surface area contributed by atoms with Gasteiger partial charge in [-0.05, 0) is 75.5 Å². The average molecular weight is 361 g/mol. The van der Waals surface area contributed by atoms with E-state index in [9.17, 15) is 9.59 Å². The van der Waals surface area contributed by atoms with Gasteiger partial charge in [-0.15, -0.1) is 0 Å². The van der Waals surface area contributed by atoms with Crippen LogP contribution in [0.1, 0.15) is 84.0 Å². The lowest BCUT2D eigenvalue weighted by molar-refractivity contribution is -0.160. The largest absolute Gasteiger partial charge is 0.354 e. The molecule has 26 heavy (non-hydrogen) atoms. The molecule has 146 valence electrons. The molecule has 1 heterocycles. The summed E-state index contributed by atoms with van der Waals surface area (Å²) in [5.74, 6) is 2.76. The molecule has 0 aromatic heterocycles. The summed E-state index contributed by atoms with van der Waals surface area (Å²) >= 11 is 0. The van der Waals surface area contributed by atoms with Crippen LogP contribution in [0.5, 0.6) is 0 Å². The van der Waals surface area contributed by atoms with Crippen molar-refractivity contribution >= 4 is 11.8 Å². The first-order valence-electron chi connectivity index (χ1n) is 11.2. The maximum absolute atomic E-state index is 13.6. The van der Waals surface area contributed by atoms with E-state index in [1.165, 1.54) is 38.5 Å². The minimum atomic E-state index is -0.207. The summed E-state index contributed by atoms with van der Waals surface area (Å²) in [6.45, 7) is 3.74. The molecule has 0 radical (unpaired) electrons. The van der Waals surface area contributed by atoms with Gasteiger partial charge in [0.1, 0.15) is 6.04 Å². The van der Waals surface area contributed by atoms with E-state index in [0.29, 0.717) is 5.91 Å². The first-order valence-corrected chi connectivity index (χ1v) is 11.2. The highest BCUT2D eigenvalue weighted by Gasteiger charge is 2.56. The molecule has 1 N–H and O–H groups in total. The van der Waals surface area contributed by atoms with Crippen LogP contribution in [0.3, 0.4) is 0 Å². The van der Waals surface area contributed by atoms with Gasteiger partial charge >= 0.3 is 0 Å². The number of likely N-dealkylation sites (tertiary alicyclic amines) is 1. The Morgan fingerprint density at radius 1 is 1.00 bits per heavy atom. The molecule has 5 aliphatic rings. The lowest BCUT2D eigenvalue weighted by atomic mass is 9.49. The Labute approximate surface area is 158 Å². The van der Waals surface area contributed by atoms with Gasteiger partial charge in [-0.3, -0.25) is 9.59 Å². The molecule has 1 aliphatic heterocycles. The van der Waals surface area contributed by atoms with Crippen LogP contribution in [0.15, 0.2) is 0 Å². The smallest absolute Gasteiger partial charge is 0.242 e. The van der Waals surface area contributed by atoms with Crippen molar-refractivity contribution in [3.05, 3.63) is 0 Å². The van der Waals surface area contributed by atoms with E-state index in [1.807, 2.05) is 4.90 Å². The van der Waals surface area contributed by atoms with Gasteiger partial charge in [0.2, 0.25) is 11.8 Å². The lowest BCUT2D eigenvalue weighted by Crippen LogP contribution is -2.57. The van der Waals surface area contributed by atoms with Crippen LogP contribution in [-0.2, 0) is 9.59 Å². The summed E-state index contributed by atoms with van der Waals surface area (Å²) in [4.78, 5) is 28.3. The molecule has 5 fully saturated rings. The second-order valence-corrected chi connectivity index (χ2v) is 9.71. The fraction of sp³-hybridized carbons (Fsp3) is 0.909. The molecule has 1 atom stereocenters. The maximum Gasteiger partial charge on any atom is 0.242 e. The minimum absolute atomic E-state index is 0.0945. The second-order valence-electron chi connectivity index (χ2n) is 9.71. The third-order valence-corrected chi connectivity index (χ3v) is 7.64. The summed E-state index contributed by atoms with van der Waals surface area (Å²) in [5, 5.41) is 3.11. The zero-order valence-electron chi connectivity index (χ0n) is 16.5. The minimum Gasteiger partial charge on any atom is -0.354 e. The predicted molar refractivity (Wildman–Crippen MR) is 102 cm³/mol. The van der Waals surface area contributed by atoms with Crippen LogP contribution in [0.2, 0.25) is 0 Å². The maximum atomic E-state index is 13.6. The van der Waals surface area contributed by atoms with Gasteiger partial charge in [0.05, 0.1) is 5.41 Å². The Kier molecular flexibility index (Phi) is 5.29. The monoisotopic (exact) mass is 360 g/mol. The van der Waals surface area contributed by atoms with E-state index < -0.39 is 0 Å². The van der Waals surface area contributed by atoms with E-state index in [4.69, 9.17) is 0 Å². The van der Waals surface area contributed by atoms with Crippen molar-refractivity contribution in [1.29, 1.82) is 0 Å². The summed E-state index contributed by atoms with van der Waals surface area (Å²) in [5.41, 5.74) is -0.112. The van der Waals surface area contributed by atoms with Crippen molar-refractivity contribution in [2.24, 2.45) is 23.2 Å². The fourth-order valence-electron chi connectivity index (χ4n) is 6.84. The SMILES string of the molecule is CCCCCCNC(=O)[C@@H]1CCCN1C(=O)C12CC3CC(CC(C3)C1)C2. The van der Waals surface area contributed by atoms with Crippen LogP contribution in [-0.4, -0.2) is 35.8 Å². The summed E-state index contributed by atoms with van der Waals surface area (Å²) in [6.07, 6.45) is 13.9. The summed E-state index contributed by atoms with van der Waals surface area (Å²) in [6, 6.07) is -0.207. The quantitative estimate of drug-likeness (QED) is 0.700. The van der Waals surface area contributed by atoms with E-state index in [1.54, 1.807) is 0 Å². The number of nitrogens with one attached hydrogen (secondary N) is 1. The van der Waals surface area contributed by atoms with E-state index in [0.717, 1.165) is 69.4 Å². The molecule has 2 amide bonds. The molecule has 0 aromatic carbocycles. The highest BCUT2D eigenvalue weighted by atomic mass is 16.2. The number of rotatable bonds is 7. The van der Waals surface area contributed by atoms with Crippen molar-refractivity contribution in [2.75, 3.05) is 13.1 Å². The Hall–Kier alpha value is -1.06. The third kappa shape index (κ3) is 3.41. The first kappa shape index (κ1) is 18.3. The van der Waals surface area contributed by atoms with Crippen molar-refractivity contribution in [2.45, 2.75) is 90.0 Å². The van der Waals surface area contributed by atoms with Gasteiger partial charge in [0.15, 0.2) is 0 Å². The molecule has 4 aliphatic carbocycles. The van der Waals surface area contributed by atoms with Gasteiger partial charge in [-0.1, -0.05) is 26.2 Å². The van der Waals surface area contributed by atoms with Crippen molar-refractivity contribution in [3.63, 3.8) is 0 Å². The number of carbonyl (C=O) groups excluding carboxylic acids is 2. The number of unbranched alkanes of at least 4 members (excludes halogenated alkanes) is 3. The third-order valence-electron chi connectivity index (χ3n) is 7.64. The van der Waals surface area contributed by atoms with Crippen LogP contribution < -0.4 is 5.32 Å². The molecule has 0 aromatic rings. The van der Waals surface area contributed by atoms with Gasteiger partial charge in [0.25, 0.3) is 0 Å². The normalized spacial score (nSPS) is 38.0. The highest BCUT2D eigenvalue weighted by molar-refractivity contribution is 5.91. The van der Waals surface area contributed by atoms with E-state index in [2.05, 4.69) is 12.2 Å². The number of amides is 2. The fourth-order valence-corrected chi connectivity index (χ4v) is 6.84. The number of nitrogens with zero attached hydrogens (tertiary/aromatic N) is 1. The topological polar surface area (TPSA) is 49.4 Å². The zero-order chi connectivity index (χ0) is 18.1. The summed E-state index contributed by atoms with van der Waals surface area (Å²) in [7, 11) is 0. The number of carbonyl (C=O) groups is 2. The Bertz CT molecular complexity index is 509. The first-order chi connectivity index (χ1) is 12.6. The molecule has 4 bridgehead atoms. The lowest BCUT2D eigenvalue weighted by Gasteiger charge is -2.56. The molecule has 0 unspecified atom stereocenters. The van der Waals surface area contributed by atoms with Crippen LogP contribution in [0, 0.1) is 23.2 Å². The molecule has 5 rings (SSSR count). The molecule has 4 nitrogen and oxygen atoms in total. The van der Waals surface area contributed by atoms with Crippen LogP contribution >= 0.6 is 0 Å². The molecule has 1 saturated heterocycles. The number of hydrogen-bond acceptors (Lipinski definition) is 2. The van der Waals surface area contributed by atoms with Gasteiger partial charge in [-0.25, -0.2) is 0 Å². The second kappa shape index (κ2) is 7.52. The molecule has 4 heteroatoms. The van der Waals surface area contributed by atoms with Gasteiger partial charge < -0.3 is 10.2 Å². The Balaban J connectivity index is 1.37.